The van der Waals surface area contributed by atoms with Crippen LogP contribution in [0.1, 0.15) is 32.6 Å². The molecule has 0 aromatic carbocycles. The molecule has 2 bridgehead atoms. The van der Waals surface area contributed by atoms with Gasteiger partial charge in [0.15, 0.2) is 0 Å². The van der Waals surface area contributed by atoms with E-state index in [-0.39, 0.29) is 0 Å². The van der Waals surface area contributed by atoms with E-state index in [0.29, 0.717) is 23.5 Å². The minimum absolute atomic E-state index is 0.348. The first kappa shape index (κ1) is 8.03. The molecule has 12 heavy (non-hydrogen) atoms. The highest BCUT2D eigenvalue weighted by Gasteiger charge is 2.46. The Morgan fingerprint density at radius 3 is 2.83 bits per heavy atom. The molecule has 0 heterocycles. The Bertz CT molecular complexity index is 229. The van der Waals surface area contributed by atoms with Gasteiger partial charge in [-0.3, -0.25) is 4.79 Å². The maximum Gasteiger partial charge on any atom is 0.139 e. The van der Waals surface area contributed by atoms with Gasteiger partial charge in [0.1, 0.15) is 5.78 Å². The summed E-state index contributed by atoms with van der Waals surface area (Å²) in [4.78, 5) is 11.7. The van der Waals surface area contributed by atoms with Crippen molar-refractivity contribution in [3.05, 3.63) is 12.2 Å². The number of rotatable bonds is 2. The number of carbonyl (C=O) groups excluding carboxylic acids is 1. The fourth-order valence-corrected chi connectivity index (χ4v) is 2.82. The van der Waals surface area contributed by atoms with E-state index >= 15 is 0 Å². The van der Waals surface area contributed by atoms with E-state index in [0.717, 1.165) is 12.8 Å². The van der Waals surface area contributed by atoms with Crippen LogP contribution in [0.15, 0.2) is 12.2 Å². The van der Waals surface area contributed by atoms with E-state index in [1.54, 1.807) is 0 Å². The van der Waals surface area contributed by atoms with Crippen LogP contribution < -0.4 is 0 Å². The smallest absolute Gasteiger partial charge is 0.139 e. The summed E-state index contributed by atoms with van der Waals surface area (Å²) >= 11 is 0. The molecule has 0 amide bonds. The average Bonchev–Trinajstić information content (AvgIpc) is 2.53. The van der Waals surface area contributed by atoms with Gasteiger partial charge in [-0.25, -0.2) is 0 Å². The van der Waals surface area contributed by atoms with Crippen molar-refractivity contribution in [3.8, 4) is 0 Å². The summed E-state index contributed by atoms with van der Waals surface area (Å²) in [6, 6.07) is 0. The number of carbonyl (C=O) groups is 1. The predicted octanol–water partition coefficient (Wildman–Crippen LogP) is 2.57. The molecule has 3 unspecified atom stereocenters. The van der Waals surface area contributed by atoms with Gasteiger partial charge in [-0.1, -0.05) is 5.57 Å². The molecular formula is C11H16O. The van der Waals surface area contributed by atoms with Gasteiger partial charge < -0.3 is 0 Å². The lowest BCUT2D eigenvalue weighted by atomic mass is 9.84. The van der Waals surface area contributed by atoms with E-state index < -0.39 is 0 Å². The fourth-order valence-electron chi connectivity index (χ4n) is 2.82. The number of allylic oxidation sites excluding steroid dienone is 1. The zero-order chi connectivity index (χ0) is 8.72. The van der Waals surface area contributed by atoms with Crippen LogP contribution in [0, 0.1) is 17.8 Å². The van der Waals surface area contributed by atoms with E-state index in [4.69, 9.17) is 0 Å². The van der Waals surface area contributed by atoms with Crippen molar-refractivity contribution < 1.29 is 4.79 Å². The van der Waals surface area contributed by atoms with Crippen molar-refractivity contribution in [2.75, 3.05) is 0 Å². The number of fused-ring (bicyclic) bond motifs is 2. The summed E-state index contributed by atoms with van der Waals surface area (Å²) in [5, 5.41) is 0. The molecule has 1 nitrogen and oxygen atoms in total. The van der Waals surface area contributed by atoms with Crippen LogP contribution in [0.3, 0.4) is 0 Å². The van der Waals surface area contributed by atoms with E-state index in [1.807, 2.05) is 6.92 Å². The van der Waals surface area contributed by atoms with Gasteiger partial charge in [-0.15, -0.1) is 6.58 Å². The maximum absolute atomic E-state index is 11.7. The van der Waals surface area contributed by atoms with Crippen LogP contribution in [0.2, 0.25) is 0 Å². The van der Waals surface area contributed by atoms with Crippen molar-refractivity contribution in [2.45, 2.75) is 32.6 Å². The van der Waals surface area contributed by atoms with Gasteiger partial charge in [-0.2, -0.15) is 0 Å². The highest BCUT2D eigenvalue weighted by molar-refractivity contribution is 5.87. The van der Waals surface area contributed by atoms with Gasteiger partial charge in [0, 0.05) is 11.8 Å². The van der Waals surface area contributed by atoms with Gasteiger partial charge in [0.2, 0.25) is 0 Å². The van der Waals surface area contributed by atoms with Crippen LogP contribution in [0.25, 0.3) is 0 Å². The van der Waals surface area contributed by atoms with Gasteiger partial charge in [-0.05, 0) is 38.5 Å². The Kier molecular flexibility index (Phi) is 1.82. The molecule has 0 saturated heterocycles. The molecule has 2 rings (SSSR count). The average molecular weight is 164 g/mol. The summed E-state index contributed by atoms with van der Waals surface area (Å²) in [6.07, 6.45) is 4.57. The Labute approximate surface area is 73.8 Å². The Hall–Kier alpha value is -0.590. The number of hydrogen-bond acceptors (Lipinski definition) is 1. The summed E-state index contributed by atoms with van der Waals surface area (Å²) < 4.78 is 0. The zero-order valence-corrected chi connectivity index (χ0v) is 7.68. The van der Waals surface area contributed by atoms with E-state index in [1.165, 1.54) is 18.4 Å². The molecule has 0 N–H and O–H groups in total. The van der Waals surface area contributed by atoms with E-state index in [2.05, 4.69) is 6.58 Å². The van der Waals surface area contributed by atoms with Crippen molar-refractivity contribution in [2.24, 2.45) is 17.8 Å². The molecule has 3 atom stereocenters. The van der Waals surface area contributed by atoms with Crippen LogP contribution in [-0.2, 0) is 4.79 Å². The highest BCUT2D eigenvalue weighted by Crippen LogP contribution is 2.47. The van der Waals surface area contributed by atoms with Crippen molar-refractivity contribution in [3.63, 3.8) is 0 Å². The van der Waals surface area contributed by atoms with Gasteiger partial charge in [0.25, 0.3) is 0 Å². The minimum atomic E-state index is 0.348. The van der Waals surface area contributed by atoms with Crippen molar-refractivity contribution in [1.29, 1.82) is 0 Å². The molecule has 0 aromatic rings. The second kappa shape index (κ2) is 2.72. The molecule has 2 aliphatic carbocycles. The first-order chi connectivity index (χ1) is 5.68. The maximum atomic E-state index is 11.7. The lowest BCUT2D eigenvalue weighted by Gasteiger charge is -2.19. The first-order valence-corrected chi connectivity index (χ1v) is 4.86. The summed E-state index contributed by atoms with van der Waals surface area (Å²) in [5.41, 5.74) is 1.17. The first-order valence-electron chi connectivity index (χ1n) is 4.86. The van der Waals surface area contributed by atoms with Crippen LogP contribution in [-0.4, -0.2) is 5.78 Å². The molecule has 0 aliphatic heterocycles. The van der Waals surface area contributed by atoms with Crippen molar-refractivity contribution >= 4 is 5.78 Å². The molecule has 2 fully saturated rings. The van der Waals surface area contributed by atoms with Crippen molar-refractivity contribution in [1.82, 2.24) is 0 Å². The summed E-state index contributed by atoms with van der Waals surface area (Å²) in [7, 11) is 0. The van der Waals surface area contributed by atoms with Crippen LogP contribution in [0.4, 0.5) is 0 Å². The number of Topliss-reactive ketones (excluding diaryl/α,β-unsaturated/α-hetero) is 1. The number of ketones is 1. The lowest BCUT2D eigenvalue weighted by molar-refractivity contribution is -0.125. The third-order valence-corrected chi connectivity index (χ3v) is 3.38. The topological polar surface area (TPSA) is 17.1 Å². The molecule has 0 spiro atoms. The Morgan fingerprint density at radius 2 is 2.33 bits per heavy atom. The van der Waals surface area contributed by atoms with Gasteiger partial charge in [0.05, 0.1) is 0 Å². The quantitative estimate of drug-likeness (QED) is 0.573. The molecular weight excluding hydrogens is 148 g/mol. The normalized spacial score (nSPS) is 39.1. The molecule has 0 aromatic heterocycles. The highest BCUT2D eigenvalue weighted by atomic mass is 16.1. The predicted molar refractivity (Wildman–Crippen MR) is 48.8 cm³/mol. The van der Waals surface area contributed by atoms with E-state index in [9.17, 15) is 4.79 Å². The Morgan fingerprint density at radius 1 is 1.58 bits per heavy atom. The zero-order valence-electron chi connectivity index (χ0n) is 7.68. The largest absolute Gasteiger partial charge is 0.299 e. The molecule has 66 valence electrons. The molecule has 0 radical (unpaired) electrons. The van der Waals surface area contributed by atoms with Crippen LogP contribution >= 0.6 is 0 Å². The Balaban J connectivity index is 2.07. The molecule has 1 heteroatoms. The SMILES string of the molecule is C=C(C)CC1C(=O)C2CCC1C2. The fraction of sp³-hybridized carbons (Fsp3) is 0.727. The molecule has 2 saturated carbocycles. The second-order valence-electron chi connectivity index (χ2n) is 4.44. The van der Waals surface area contributed by atoms with Gasteiger partial charge >= 0.3 is 0 Å². The second-order valence-corrected chi connectivity index (χ2v) is 4.44. The molecule has 2 aliphatic rings. The summed E-state index contributed by atoms with van der Waals surface area (Å²) in [6.45, 7) is 5.91. The summed E-state index contributed by atoms with van der Waals surface area (Å²) in [5.74, 6) is 2.02. The third kappa shape index (κ3) is 1.12. The monoisotopic (exact) mass is 164 g/mol. The van der Waals surface area contributed by atoms with Crippen LogP contribution in [0.5, 0.6) is 0 Å². The third-order valence-electron chi connectivity index (χ3n) is 3.38. The lowest BCUT2D eigenvalue weighted by Crippen LogP contribution is -2.21. The minimum Gasteiger partial charge on any atom is -0.299 e. The standard InChI is InChI=1S/C11H16O/c1-7(2)5-10-8-3-4-9(6-8)11(10)12/h8-10H,1,3-6H2,2H3. The number of hydrogen-bond donors (Lipinski definition) is 0.